The highest BCUT2D eigenvalue weighted by Gasteiger charge is 2.06. The number of methoxy groups -OCH3 is 1. The predicted octanol–water partition coefficient (Wildman–Crippen LogP) is 3.00. The van der Waals surface area contributed by atoms with Gasteiger partial charge in [0, 0.05) is 30.9 Å². The fourth-order valence-corrected chi connectivity index (χ4v) is 2.96. The maximum Gasteiger partial charge on any atom is 0.223 e. The number of aryl methyl sites for hydroxylation is 2. The standard InChI is InChI=1S/C20H24N4O3/c1-15-20(26)19(25)9-12-23(15)10-4-3-5-11-24-14-18(21-22-24)16-7-6-8-17(13-16)27-2/h6-9,12-14,26H,3-5,10-11H2,1-2H3. The summed E-state index contributed by atoms with van der Waals surface area (Å²) < 4.78 is 9.01. The van der Waals surface area contributed by atoms with E-state index >= 15 is 0 Å². The van der Waals surface area contributed by atoms with E-state index in [9.17, 15) is 9.90 Å². The molecule has 0 spiro atoms. The Hall–Kier alpha value is -3.09. The molecule has 142 valence electrons. The lowest BCUT2D eigenvalue weighted by Crippen LogP contribution is -2.10. The Kier molecular flexibility index (Phi) is 5.90. The molecule has 0 aliphatic heterocycles. The second-order valence-corrected chi connectivity index (χ2v) is 6.47. The van der Waals surface area contributed by atoms with Gasteiger partial charge in [-0.25, -0.2) is 0 Å². The first-order valence-electron chi connectivity index (χ1n) is 9.02. The second kappa shape index (κ2) is 8.53. The topological polar surface area (TPSA) is 82.2 Å². The van der Waals surface area contributed by atoms with Gasteiger partial charge in [0.15, 0.2) is 5.75 Å². The highest BCUT2D eigenvalue weighted by Crippen LogP contribution is 2.21. The summed E-state index contributed by atoms with van der Waals surface area (Å²) in [5.74, 6) is 0.635. The number of rotatable bonds is 8. The number of aromatic hydroxyl groups is 1. The van der Waals surface area contributed by atoms with E-state index in [1.165, 1.54) is 6.07 Å². The molecule has 0 aliphatic rings. The average Bonchev–Trinajstić information content (AvgIpc) is 3.16. The van der Waals surface area contributed by atoms with Crippen molar-refractivity contribution in [3.8, 4) is 22.8 Å². The van der Waals surface area contributed by atoms with Gasteiger partial charge in [0.25, 0.3) is 0 Å². The van der Waals surface area contributed by atoms with Crippen LogP contribution >= 0.6 is 0 Å². The van der Waals surface area contributed by atoms with Crippen LogP contribution in [0.1, 0.15) is 25.0 Å². The van der Waals surface area contributed by atoms with Gasteiger partial charge in [0.1, 0.15) is 11.4 Å². The lowest BCUT2D eigenvalue weighted by molar-refractivity contribution is 0.415. The second-order valence-electron chi connectivity index (χ2n) is 6.47. The van der Waals surface area contributed by atoms with Gasteiger partial charge in [-0.15, -0.1) is 5.10 Å². The number of pyridine rings is 1. The number of hydrogen-bond acceptors (Lipinski definition) is 5. The van der Waals surface area contributed by atoms with Crippen LogP contribution in [0.4, 0.5) is 0 Å². The number of benzene rings is 1. The smallest absolute Gasteiger partial charge is 0.223 e. The third-order valence-electron chi connectivity index (χ3n) is 4.60. The summed E-state index contributed by atoms with van der Waals surface area (Å²) in [5.41, 5.74) is 2.09. The number of unbranched alkanes of at least 4 members (excludes halogenated alkanes) is 2. The SMILES string of the molecule is COc1cccc(-c2cn(CCCCCn3ccc(=O)c(O)c3C)nn2)c1. The van der Waals surface area contributed by atoms with Crippen LogP contribution in [0.2, 0.25) is 0 Å². The van der Waals surface area contributed by atoms with Crippen LogP contribution in [0.5, 0.6) is 11.5 Å². The van der Waals surface area contributed by atoms with Gasteiger partial charge < -0.3 is 14.4 Å². The van der Waals surface area contributed by atoms with Gasteiger partial charge in [0.2, 0.25) is 5.43 Å². The fraction of sp³-hybridized carbons (Fsp3) is 0.350. The number of aromatic nitrogens is 4. The minimum absolute atomic E-state index is 0.162. The minimum atomic E-state index is -0.332. The lowest BCUT2D eigenvalue weighted by Gasteiger charge is -2.11. The minimum Gasteiger partial charge on any atom is -0.503 e. The zero-order chi connectivity index (χ0) is 19.2. The molecular weight excluding hydrogens is 344 g/mol. The molecular formula is C20H24N4O3. The molecule has 0 amide bonds. The summed E-state index contributed by atoms with van der Waals surface area (Å²) in [7, 11) is 1.64. The summed E-state index contributed by atoms with van der Waals surface area (Å²) in [6.07, 6.45) is 6.63. The Morgan fingerprint density at radius 3 is 2.78 bits per heavy atom. The van der Waals surface area contributed by atoms with Crippen LogP contribution in [0.15, 0.2) is 47.5 Å². The van der Waals surface area contributed by atoms with E-state index in [1.807, 2.05) is 39.7 Å². The summed E-state index contributed by atoms with van der Waals surface area (Å²) in [6.45, 7) is 3.32. The molecule has 3 rings (SSSR count). The van der Waals surface area contributed by atoms with Crippen molar-refractivity contribution >= 4 is 0 Å². The molecule has 3 aromatic rings. The van der Waals surface area contributed by atoms with E-state index in [4.69, 9.17) is 4.74 Å². The first-order chi connectivity index (χ1) is 13.1. The van der Waals surface area contributed by atoms with Gasteiger partial charge in [0.05, 0.1) is 19.0 Å². The van der Waals surface area contributed by atoms with E-state index in [2.05, 4.69) is 10.3 Å². The molecule has 0 atom stereocenters. The molecule has 0 saturated heterocycles. The summed E-state index contributed by atoms with van der Waals surface area (Å²) in [4.78, 5) is 11.4. The van der Waals surface area contributed by atoms with Crippen molar-refractivity contribution in [1.29, 1.82) is 0 Å². The van der Waals surface area contributed by atoms with E-state index in [1.54, 1.807) is 20.2 Å². The number of ether oxygens (including phenoxy) is 1. The van der Waals surface area contributed by atoms with Gasteiger partial charge in [-0.1, -0.05) is 17.3 Å². The summed E-state index contributed by atoms with van der Waals surface area (Å²) in [5, 5.41) is 18.1. The van der Waals surface area contributed by atoms with Gasteiger partial charge in [-0.05, 0) is 38.3 Å². The summed E-state index contributed by atoms with van der Waals surface area (Å²) in [6, 6.07) is 9.16. The van der Waals surface area contributed by atoms with E-state index in [0.29, 0.717) is 5.69 Å². The van der Waals surface area contributed by atoms with Gasteiger partial charge in [-0.3, -0.25) is 9.48 Å². The molecule has 1 aromatic carbocycles. The highest BCUT2D eigenvalue weighted by atomic mass is 16.5. The lowest BCUT2D eigenvalue weighted by atomic mass is 10.1. The molecule has 1 N–H and O–H groups in total. The van der Waals surface area contributed by atoms with Crippen LogP contribution in [-0.2, 0) is 13.1 Å². The molecule has 0 radical (unpaired) electrons. The monoisotopic (exact) mass is 368 g/mol. The molecule has 0 aliphatic carbocycles. The maximum absolute atomic E-state index is 11.4. The van der Waals surface area contributed by atoms with Crippen LogP contribution in [0, 0.1) is 6.92 Å². The van der Waals surface area contributed by atoms with Gasteiger partial charge in [-0.2, -0.15) is 0 Å². The number of nitrogens with zero attached hydrogens (tertiary/aromatic N) is 4. The van der Waals surface area contributed by atoms with Crippen molar-refractivity contribution in [3.05, 3.63) is 58.6 Å². The predicted molar refractivity (Wildman–Crippen MR) is 103 cm³/mol. The molecule has 0 fully saturated rings. The van der Waals surface area contributed by atoms with E-state index < -0.39 is 0 Å². The Morgan fingerprint density at radius 1 is 1.15 bits per heavy atom. The molecule has 0 unspecified atom stereocenters. The molecule has 2 aromatic heterocycles. The zero-order valence-corrected chi connectivity index (χ0v) is 15.6. The Labute approximate surface area is 157 Å². The molecule has 0 saturated carbocycles. The Morgan fingerprint density at radius 2 is 1.96 bits per heavy atom. The fourth-order valence-electron chi connectivity index (χ4n) is 2.96. The largest absolute Gasteiger partial charge is 0.503 e. The molecule has 7 nitrogen and oxygen atoms in total. The van der Waals surface area contributed by atoms with Crippen molar-refractivity contribution in [2.75, 3.05) is 7.11 Å². The molecule has 2 heterocycles. The van der Waals surface area contributed by atoms with E-state index in [-0.39, 0.29) is 11.2 Å². The van der Waals surface area contributed by atoms with Crippen LogP contribution in [-0.4, -0.2) is 31.8 Å². The van der Waals surface area contributed by atoms with Crippen LogP contribution in [0.25, 0.3) is 11.3 Å². The third kappa shape index (κ3) is 4.55. The van der Waals surface area contributed by atoms with Gasteiger partial charge >= 0.3 is 0 Å². The summed E-state index contributed by atoms with van der Waals surface area (Å²) >= 11 is 0. The van der Waals surface area contributed by atoms with Crippen molar-refractivity contribution < 1.29 is 9.84 Å². The van der Waals surface area contributed by atoms with Crippen LogP contribution < -0.4 is 10.2 Å². The van der Waals surface area contributed by atoms with Crippen molar-refractivity contribution in [2.24, 2.45) is 0 Å². The van der Waals surface area contributed by atoms with Crippen LogP contribution in [0.3, 0.4) is 0 Å². The first-order valence-corrected chi connectivity index (χ1v) is 9.02. The third-order valence-corrected chi connectivity index (χ3v) is 4.60. The quantitative estimate of drug-likeness (QED) is 0.618. The first kappa shape index (κ1) is 18.7. The average molecular weight is 368 g/mol. The van der Waals surface area contributed by atoms with Crippen molar-refractivity contribution in [3.63, 3.8) is 0 Å². The van der Waals surface area contributed by atoms with E-state index in [0.717, 1.165) is 49.4 Å². The number of hydrogen-bond donors (Lipinski definition) is 1. The Bertz CT molecular complexity index is 962. The maximum atomic E-state index is 11.4. The molecule has 27 heavy (non-hydrogen) atoms. The Balaban J connectivity index is 1.48. The molecule has 0 bridgehead atoms. The van der Waals surface area contributed by atoms with Crippen molar-refractivity contribution in [2.45, 2.75) is 39.3 Å². The highest BCUT2D eigenvalue weighted by molar-refractivity contribution is 5.59. The normalized spacial score (nSPS) is 10.9. The molecule has 7 heteroatoms. The zero-order valence-electron chi connectivity index (χ0n) is 15.6. The van der Waals surface area contributed by atoms with Crippen molar-refractivity contribution in [1.82, 2.24) is 19.6 Å².